The zero-order valence-corrected chi connectivity index (χ0v) is 17.6. The zero-order chi connectivity index (χ0) is 20.6. The maximum atomic E-state index is 12.9. The number of thioether (sulfide) groups is 1. The normalized spacial score (nSPS) is 10.6. The van der Waals surface area contributed by atoms with Crippen LogP contribution in [0.3, 0.4) is 0 Å². The molecule has 0 atom stereocenters. The van der Waals surface area contributed by atoms with Gasteiger partial charge < -0.3 is 5.32 Å². The lowest BCUT2D eigenvalue weighted by atomic mass is 9.99. The molecular weight excluding hydrogens is 378 g/mol. The van der Waals surface area contributed by atoms with E-state index < -0.39 is 0 Å². The Balaban J connectivity index is 1.58. The van der Waals surface area contributed by atoms with E-state index in [1.54, 1.807) is 23.9 Å². The van der Waals surface area contributed by atoms with Gasteiger partial charge >= 0.3 is 0 Å². The predicted octanol–water partition coefficient (Wildman–Crippen LogP) is 6.05. The molecule has 0 aliphatic rings. The van der Waals surface area contributed by atoms with Crippen molar-refractivity contribution < 1.29 is 9.59 Å². The molecule has 0 fully saturated rings. The topological polar surface area (TPSA) is 46.2 Å². The Kier molecular flexibility index (Phi) is 7.25. The summed E-state index contributed by atoms with van der Waals surface area (Å²) in [5.41, 5.74) is 3.94. The molecule has 0 radical (unpaired) electrons. The highest BCUT2D eigenvalue weighted by Gasteiger charge is 2.15. The average molecular weight is 404 g/mol. The zero-order valence-electron chi connectivity index (χ0n) is 16.8. The number of carbonyl (C=O) groups is 2. The molecule has 3 rings (SSSR count). The first-order valence-corrected chi connectivity index (χ1v) is 10.7. The second-order valence-electron chi connectivity index (χ2n) is 7.06. The van der Waals surface area contributed by atoms with Gasteiger partial charge in [-0.1, -0.05) is 59.7 Å². The van der Waals surface area contributed by atoms with E-state index in [0.29, 0.717) is 23.2 Å². The largest absolute Gasteiger partial charge is 0.325 e. The highest BCUT2D eigenvalue weighted by atomic mass is 32.2. The number of carbonyl (C=O) groups excluding carboxylic acids is 2. The second-order valence-corrected chi connectivity index (χ2v) is 8.23. The fourth-order valence-corrected chi connectivity index (χ4v) is 3.82. The van der Waals surface area contributed by atoms with Gasteiger partial charge in [0.25, 0.3) is 0 Å². The summed E-state index contributed by atoms with van der Waals surface area (Å²) in [6, 6.07) is 23.1. The van der Waals surface area contributed by atoms with Crippen LogP contribution >= 0.6 is 11.8 Å². The summed E-state index contributed by atoms with van der Waals surface area (Å²) in [6.45, 7) is 4.01. The van der Waals surface area contributed by atoms with Gasteiger partial charge in [-0.3, -0.25) is 9.59 Å². The van der Waals surface area contributed by atoms with E-state index in [9.17, 15) is 9.59 Å². The molecular formula is C25H25NO2S. The Hall–Kier alpha value is -2.85. The van der Waals surface area contributed by atoms with Crippen LogP contribution in [0.25, 0.3) is 0 Å². The van der Waals surface area contributed by atoms with Crippen molar-refractivity contribution in [3.8, 4) is 0 Å². The summed E-state index contributed by atoms with van der Waals surface area (Å²) in [7, 11) is 0. The SMILES string of the molecule is Cc1ccc(SCCCC(=O)Nc2ccc(C)cc2C(=O)c2ccccc2)cc1. The maximum Gasteiger partial charge on any atom is 0.224 e. The Labute approximate surface area is 176 Å². The molecule has 0 heterocycles. The maximum absolute atomic E-state index is 12.9. The first-order chi connectivity index (χ1) is 14.0. The molecule has 0 bridgehead atoms. The van der Waals surface area contributed by atoms with Crippen molar-refractivity contribution in [1.29, 1.82) is 0 Å². The van der Waals surface area contributed by atoms with Crippen molar-refractivity contribution in [2.75, 3.05) is 11.1 Å². The summed E-state index contributed by atoms with van der Waals surface area (Å²) in [6.07, 6.45) is 1.20. The quantitative estimate of drug-likeness (QED) is 0.283. The van der Waals surface area contributed by atoms with E-state index in [0.717, 1.165) is 17.7 Å². The molecule has 3 aromatic rings. The molecule has 0 saturated heterocycles. The highest BCUT2D eigenvalue weighted by Crippen LogP contribution is 2.23. The van der Waals surface area contributed by atoms with Gasteiger partial charge in [-0.05, 0) is 50.3 Å². The van der Waals surface area contributed by atoms with Crippen molar-refractivity contribution in [3.05, 3.63) is 95.1 Å². The van der Waals surface area contributed by atoms with Crippen LogP contribution in [0.4, 0.5) is 5.69 Å². The van der Waals surface area contributed by atoms with Crippen LogP contribution in [0.2, 0.25) is 0 Å². The van der Waals surface area contributed by atoms with E-state index in [1.165, 1.54) is 10.5 Å². The monoisotopic (exact) mass is 403 g/mol. The third kappa shape index (κ3) is 6.06. The van der Waals surface area contributed by atoms with Gasteiger partial charge in [-0.25, -0.2) is 0 Å². The predicted molar refractivity (Wildman–Crippen MR) is 121 cm³/mol. The summed E-state index contributed by atoms with van der Waals surface area (Å²) >= 11 is 1.75. The summed E-state index contributed by atoms with van der Waals surface area (Å²) in [5, 5.41) is 2.93. The van der Waals surface area contributed by atoms with Crippen molar-refractivity contribution in [2.24, 2.45) is 0 Å². The molecule has 0 spiro atoms. The van der Waals surface area contributed by atoms with Gasteiger partial charge in [-0.15, -0.1) is 11.8 Å². The lowest BCUT2D eigenvalue weighted by molar-refractivity contribution is -0.116. The van der Waals surface area contributed by atoms with Crippen LogP contribution in [-0.4, -0.2) is 17.4 Å². The number of hydrogen-bond acceptors (Lipinski definition) is 3. The Morgan fingerprint density at radius 1 is 0.862 bits per heavy atom. The molecule has 3 aromatic carbocycles. The lowest BCUT2D eigenvalue weighted by Gasteiger charge is -2.12. The fraction of sp³-hybridized carbons (Fsp3) is 0.200. The van der Waals surface area contributed by atoms with Crippen LogP contribution in [-0.2, 0) is 4.79 Å². The summed E-state index contributed by atoms with van der Waals surface area (Å²) in [5.74, 6) is 0.722. The van der Waals surface area contributed by atoms with Crippen molar-refractivity contribution in [1.82, 2.24) is 0 Å². The standard InChI is InChI=1S/C25H25NO2S/c1-18-10-13-21(14-11-18)29-16-6-9-24(27)26-23-15-12-19(2)17-22(23)25(28)20-7-4-3-5-8-20/h3-5,7-8,10-15,17H,6,9,16H2,1-2H3,(H,26,27). The van der Waals surface area contributed by atoms with Crippen molar-refractivity contribution in [2.45, 2.75) is 31.6 Å². The number of benzene rings is 3. The Bertz CT molecular complexity index is 981. The Morgan fingerprint density at radius 2 is 1.55 bits per heavy atom. The van der Waals surface area contributed by atoms with Crippen LogP contribution in [0.5, 0.6) is 0 Å². The summed E-state index contributed by atoms with van der Waals surface area (Å²) < 4.78 is 0. The molecule has 1 amide bonds. The third-order valence-electron chi connectivity index (χ3n) is 4.57. The van der Waals surface area contributed by atoms with Crippen molar-refractivity contribution in [3.63, 3.8) is 0 Å². The molecule has 0 saturated carbocycles. The molecule has 0 aliphatic carbocycles. The fourth-order valence-electron chi connectivity index (χ4n) is 2.97. The van der Waals surface area contributed by atoms with Crippen LogP contribution in [0.1, 0.15) is 39.9 Å². The number of anilines is 1. The first-order valence-electron chi connectivity index (χ1n) is 9.72. The number of aryl methyl sites for hydroxylation is 2. The van der Waals surface area contributed by atoms with Gasteiger partial charge in [0.15, 0.2) is 5.78 Å². The van der Waals surface area contributed by atoms with Gasteiger partial charge in [-0.2, -0.15) is 0 Å². The van der Waals surface area contributed by atoms with Crippen LogP contribution in [0, 0.1) is 13.8 Å². The minimum Gasteiger partial charge on any atom is -0.325 e. The summed E-state index contributed by atoms with van der Waals surface area (Å²) in [4.78, 5) is 26.5. The molecule has 0 aromatic heterocycles. The molecule has 148 valence electrons. The van der Waals surface area contributed by atoms with Gasteiger partial charge in [0.05, 0.1) is 5.69 Å². The number of ketones is 1. The molecule has 1 N–H and O–H groups in total. The van der Waals surface area contributed by atoms with Gasteiger partial charge in [0.2, 0.25) is 5.91 Å². The van der Waals surface area contributed by atoms with E-state index >= 15 is 0 Å². The van der Waals surface area contributed by atoms with Gasteiger partial charge in [0, 0.05) is 22.4 Å². The molecule has 3 nitrogen and oxygen atoms in total. The van der Waals surface area contributed by atoms with E-state index in [-0.39, 0.29) is 11.7 Å². The third-order valence-corrected chi connectivity index (χ3v) is 5.67. The smallest absolute Gasteiger partial charge is 0.224 e. The molecule has 0 unspecified atom stereocenters. The minimum atomic E-state index is -0.0838. The number of nitrogens with one attached hydrogen (secondary N) is 1. The lowest BCUT2D eigenvalue weighted by Crippen LogP contribution is -2.15. The second kappa shape index (κ2) is 10.1. The van der Waals surface area contributed by atoms with Crippen LogP contribution < -0.4 is 5.32 Å². The van der Waals surface area contributed by atoms with E-state index in [4.69, 9.17) is 0 Å². The molecule has 4 heteroatoms. The van der Waals surface area contributed by atoms with E-state index in [2.05, 4.69) is 36.5 Å². The van der Waals surface area contributed by atoms with Crippen LogP contribution in [0.15, 0.2) is 77.7 Å². The minimum absolute atomic E-state index is 0.0690. The van der Waals surface area contributed by atoms with Gasteiger partial charge in [0.1, 0.15) is 0 Å². The average Bonchev–Trinajstić information content (AvgIpc) is 2.74. The number of hydrogen-bond donors (Lipinski definition) is 1. The number of amides is 1. The number of rotatable bonds is 8. The van der Waals surface area contributed by atoms with Crippen molar-refractivity contribution >= 4 is 29.1 Å². The first kappa shape index (κ1) is 20.9. The molecule has 29 heavy (non-hydrogen) atoms. The Morgan fingerprint density at radius 3 is 2.28 bits per heavy atom. The highest BCUT2D eigenvalue weighted by molar-refractivity contribution is 7.99. The van der Waals surface area contributed by atoms with E-state index in [1.807, 2.05) is 43.3 Å². The molecule has 0 aliphatic heterocycles.